The smallest absolute Gasteiger partial charge is 0.472 e. The van der Waals surface area contributed by atoms with Gasteiger partial charge in [-0.05, 0) is 45.6 Å². The zero-order valence-corrected chi connectivity index (χ0v) is 22.1. The maximum absolute atomic E-state index is 13.2. The van der Waals surface area contributed by atoms with Gasteiger partial charge in [-0.15, -0.1) is 0 Å². The molecule has 1 aliphatic heterocycles. The predicted octanol–water partition coefficient (Wildman–Crippen LogP) is 4.73. The van der Waals surface area contributed by atoms with E-state index in [0.29, 0.717) is 39.6 Å². The standard InChI is InChI=1S/C24H20BrF3N4O5S/c1-2-5-19-30-20(33)10-18(23(29)34)32(19)11-15-13-8-9-37-12-16(13)22(25)21(15)14-6-3-4-7-17(14)31-38(35,36)24(26,27)28/h3-4,6-10,12,31H,2,5,11H2,1H3,(H2,29,34). The van der Waals surface area contributed by atoms with Gasteiger partial charge in [0.15, 0.2) is 0 Å². The zero-order chi connectivity index (χ0) is 27.8. The molecule has 0 saturated carbocycles. The molecule has 200 valence electrons. The Hall–Kier alpha value is -3.65. The topological polar surface area (TPSA) is 137 Å². The summed E-state index contributed by atoms with van der Waals surface area (Å²) in [5.41, 5.74) is 1.08. The first kappa shape index (κ1) is 27.4. The summed E-state index contributed by atoms with van der Waals surface area (Å²) in [5.74, 6) is -0.580. The van der Waals surface area contributed by atoms with E-state index in [1.165, 1.54) is 41.4 Å². The normalized spacial score (nSPS) is 12.1. The summed E-state index contributed by atoms with van der Waals surface area (Å²) in [6, 6.07) is 8.23. The van der Waals surface area contributed by atoms with Crippen molar-refractivity contribution in [2.75, 3.05) is 4.72 Å². The number of aromatic nitrogens is 2. The molecule has 0 saturated heterocycles. The maximum Gasteiger partial charge on any atom is 0.516 e. The van der Waals surface area contributed by atoms with E-state index < -0.39 is 27.0 Å². The van der Waals surface area contributed by atoms with E-state index in [1.807, 2.05) is 6.92 Å². The molecule has 9 nitrogen and oxygen atoms in total. The van der Waals surface area contributed by atoms with Crippen molar-refractivity contribution in [1.82, 2.24) is 9.55 Å². The number of primary amides is 1. The van der Waals surface area contributed by atoms with Crippen LogP contribution in [-0.2, 0) is 23.0 Å². The lowest BCUT2D eigenvalue weighted by Gasteiger charge is -2.19. The minimum Gasteiger partial charge on any atom is -0.472 e. The fourth-order valence-electron chi connectivity index (χ4n) is 4.15. The minimum absolute atomic E-state index is 0.0668. The van der Waals surface area contributed by atoms with E-state index >= 15 is 0 Å². The quantitative estimate of drug-likeness (QED) is 0.295. The largest absolute Gasteiger partial charge is 0.516 e. The lowest BCUT2D eigenvalue weighted by atomic mass is 10.0. The second kappa shape index (κ2) is 10.3. The van der Waals surface area contributed by atoms with Crippen molar-refractivity contribution in [1.29, 1.82) is 0 Å². The van der Waals surface area contributed by atoms with E-state index in [-0.39, 0.29) is 29.3 Å². The van der Waals surface area contributed by atoms with E-state index in [1.54, 1.807) is 10.8 Å². The number of nitrogens with zero attached hydrogens (tertiary/aromatic N) is 2. The van der Waals surface area contributed by atoms with Crippen molar-refractivity contribution in [2.45, 2.75) is 31.8 Å². The number of alkyl halides is 3. The van der Waals surface area contributed by atoms with Crippen molar-refractivity contribution < 1.29 is 30.8 Å². The molecule has 38 heavy (non-hydrogen) atoms. The summed E-state index contributed by atoms with van der Waals surface area (Å²) in [5, 5.41) is 0. The van der Waals surface area contributed by atoms with E-state index in [4.69, 9.17) is 10.2 Å². The van der Waals surface area contributed by atoms with Crippen LogP contribution < -0.4 is 16.0 Å². The number of halogens is 4. The van der Waals surface area contributed by atoms with Crippen LogP contribution in [0.5, 0.6) is 0 Å². The molecule has 0 unspecified atom stereocenters. The number of amides is 1. The van der Waals surface area contributed by atoms with Gasteiger partial charge in [0, 0.05) is 33.7 Å². The van der Waals surface area contributed by atoms with E-state index in [0.717, 1.165) is 6.07 Å². The van der Waals surface area contributed by atoms with Crippen molar-refractivity contribution in [3.8, 4) is 22.3 Å². The lowest BCUT2D eigenvalue weighted by molar-refractivity contribution is -0.0429. The Labute approximate surface area is 223 Å². The van der Waals surface area contributed by atoms with Gasteiger partial charge < -0.3 is 14.7 Å². The molecule has 0 fully saturated rings. The fraction of sp³-hybridized carbons (Fsp3) is 0.208. The highest BCUT2D eigenvalue weighted by Gasteiger charge is 2.46. The number of hydrogen-bond donors (Lipinski definition) is 2. The summed E-state index contributed by atoms with van der Waals surface area (Å²) in [6.45, 7) is 1.79. The molecular weight excluding hydrogens is 593 g/mol. The minimum atomic E-state index is -5.73. The maximum atomic E-state index is 13.2. The monoisotopic (exact) mass is 612 g/mol. The molecular formula is C24H20BrF3N4O5S. The van der Waals surface area contributed by atoms with Gasteiger partial charge in [0.1, 0.15) is 11.5 Å². The SMILES string of the molecule is CCCc1nc(=O)cc(C(N)=O)n1Cc1c2ccocc-2c(Br)c1-c1ccccc1NS(=O)(=O)C(F)(F)F. The van der Waals surface area contributed by atoms with E-state index in [9.17, 15) is 31.2 Å². The number of sulfonamides is 1. The Morgan fingerprint density at radius 3 is 2.55 bits per heavy atom. The number of anilines is 1. The molecule has 14 heteroatoms. The van der Waals surface area contributed by atoms with Crippen molar-refractivity contribution in [2.24, 2.45) is 5.73 Å². The van der Waals surface area contributed by atoms with Crippen molar-refractivity contribution in [3.05, 3.63) is 80.8 Å². The van der Waals surface area contributed by atoms with Gasteiger partial charge in [-0.1, -0.05) is 25.1 Å². The summed E-state index contributed by atoms with van der Waals surface area (Å²) in [7, 11) is -5.73. The molecule has 0 spiro atoms. The zero-order valence-electron chi connectivity index (χ0n) is 19.7. The number of hydrogen-bond acceptors (Lipinski definition) is 6. The Bertz CT molecular complexity index is 1660. The van der Waals surface area contributed by atoms with E-state index in [2.05, 4.69) is 20.9 Å². The molecule has 0 radical (unpaired) electrons. The molecule has 2 aromatic rings. The van der Waals surface area contributed by atoms with Crippen molar-refractivity contribution >= 4 is 37.5 Å². The van der Waals surface area contributed by atoms with Crippen LogP contribution in [0.2, 0.25) is 0 Å². The lowest BCUT2D eigenvalue weighted by Crippen LogP contribution is -2.30. The molecule has 1 amide bonds. The summed E-state index contributed by atoms with van der Waals surface area (Å²) < 4.78 is 72.3. The number of fused-ring (bicyclic) bond motifs is 1. The van der Waals surface area contributed by atoms with Crippen LogP contribution in [0.15, 0.2) is 62.6 Å². The van der Waals surface area contributed by atoms with Gasteiger partial charge >= 0.3 is 15.5 Å². The van der Waals surface area contributed by atoms with Gasteiger partial charge in [-0.3, -0.25) is 14.3 Å². The molecule has 0 bridgehead atoms. The summed E-state index contributed by atoms with van der Waals surface area (Å²) in [6.07, 6.45) is 3.74. The first-order valence-electron chi connectivity index (χ1n) is 11.1. The van der Waals surface area contributed by atoms with Crippen LogP contribution >= 0.6 is 15.9 Å². The molecule has 2 aliphatic rings. The number of carbonyl (C=O) groups excluding carboxylic acids is 1. The summed E-state index contributed by atoms with van der Waals surface area (Å²) >= 11 is 3.49. The Balaban J connectivity index is 2.00. The molecule has 2 heterocycles. The molecule has 1 aliphatic carbocycles. The second-order valence-corrected chi connectivity index (χ2v) is 10.7. The third kappa shape index (κ3) is 5.05. The molecule has 3 N–H and O–H groups in total. The molecule has 4 rings (SSSR count). The van der Waals surface area contributed by atoms with Gasteiger partial charge in [0.05, 0.1) is 24.8 Å². The number of nitrogens with two attached hydrogens (primary N) is 1. The third-order valence-electron chi connectivity index (χ3n) is 5.76. The van der Waals surface area contributed by atoms with Crippen LogP contribution in [0.4, 0.5) is 18.9 Å². The first-order chi connectivity index (χ1) is 17.9. The van der Waals surface area contributed by atoms with Crippen molar-refractivity contribution in [3.63, 3.8) is 0 Å². The van der Waals surface area contributed by atoms with Gasteiger partial charge in [-0.25, -0.2) is 0 Å². The predicted molar refractivity (Wildman–Crippen MR) is 137 cm³/mol. The first-order valence-corrected chi connectivity index (χ1v) is 13.4. The van der Waals surface area contributed by atoms with Crippen LogP contribution in [-0.4, -0.2) is 29.4 Å². The summed E-state index contributed by atoms with van der Waals surface area (Å²) in [4.78, 5) is 28.5. The number of carbonyl (C=O) groups is 1. The van der Waals surface area contributed by atoms with Gasteiger partial charge in [0.2, 0.25) is 0 Å². The highest BCUT2D eigenvalue weighted by atomic mass is 79.9. The average Bonchev–Trinajstić information content (AvgIpc) is 3.11. The second-order valence-electron chi connectivity index (χ2n) is 8.24. The number of aryl methyl sites for hydroxylation is 1. The number of para-hydroxylation sites is 1. The highest BCUT2D eigenvalue weighted by molar-refractivity contribution is 9.10. The Kier molecular flexibility index (Phi) is 7.39. The Morgan fingerprint density at radius 1 is 1.18 bits per heavy atom. The van der Waals surface area contributed by atoms with Crippen LogP contribution in [0.1, 0.15) is 35.2 Å². The number of rotatable bonds is 8. The van der Waals surface area contributed by atoms with Crippen LogP contribution in [0, 0.1) is 0 Å². The Morgan fingerprint density at radius 2 is 1.89 bits per heavy atom. The average molecular weight is 613 g/mol. The molecule has 1 aromatic carbocycles. The number of benzene rings is 1. The number of nitrogens with one attached hydrogen (secondary N) is 1. The van der Waals surface area contributed by atoms with Gasteiger partial charge in [-0.2, -0.15) is 26.6 Å². The highest BCUT2D eigenvalue weighted by Crippen LogP contribution is 2.48. The van der Waals surface area contributed by atoms with Crippen LogP contribution in [0.25, 0.3) is 22.3 Å². The molecule has 0 atom stereocenters. The third-order valence-corrected chi connectivity index (χ3v) is 7.68. The fourth-order valence-corrected chi connectivity index (χ4v) is 5.49. The van der Waals surface area contributed by atoms with Gasteiger partial charge in [0.25, 0.3) is 11.5 Å². The van der Waals surface area contributed by atoms with Crippen LogP contribution in [0.3, 0.4) is 0 Å². The molecule has 1 aromatic heterocycles.